The van der Waals surface area contributed by atoms with E-state index >= 15 is 0 Å². The molecule has 0 aliphatic carbocycles. The molecule has 0 saturated carbocycles. The van der Waals surface area contributed by atoms with Crippen molar-refractivity contribution in [3.63, 3.8) is 0 Å². The van der Waals surface area contributed by atoms with E-state index in [1.807, 2.05) is 30.5 Å². The first kappa shape index (κ1) is 10.5. The van der Waals surface area contributed by atoms with Gasteiger partial charge in [-0.2, -0.15) is 0 Å². The fourth-order valence-electron chi connectivity index (χ4n) is 1.69. The highest BCUT2D eigenvalue weighted by Crippen LogP contribution is 2.22. The zero-order valence-corrected chi connectivity index (χ0v) is 9.00. The number of methoxy groups -OCH3 is 1. The van der Waals surface area contributed by atoms with E-state index in [0.717, 1.165) is 17.4 Å². The summed E-state index contributed by atoms with van der Waals surface area (Å²) in [6, 6.07) is 7.64. The Morgan fingerprint density at radius 2 is 2.31 bits per heavy atom. The average molecular weight is 216 g/mol. The topological polar surface area (TPSA) is 62.9 Å². The molecule has 5 nitrogen and oxygen atoms in total. The summed E-state index contributed by atoms with van der Waals surface area (Å²) in [6.07, 6.45) is 2.00. The summed E-state index contributed by atoms with van der Waals surface area (Å²) in [5, 5.41) is 4.65. The van der Waals surface area contributed by atoms with E-state index in [0.29, 0.717) is 12.3 Å². The Morgan fingerprint density at radius 3 is 3.06 bits per heavy atom. The molecule has 0 bridgehead atoms. The molecular formula is C11H12N4O. The minimum absolute atomic E-state index is 0.638. The maximum atomic E-state index is 8.35. The van der Waals surface area contributed by atoms with Gasteiger partial charge < -0.3 is 9.30 Å². The molecule has 5 heteroatoms. The van der Waals surface area contributed by atoms with Gasteiger partial charge in [0.15, 0.2) is 0 Å². The number of hydrogen-bond donors (Lipinski definition) is 0. The monoisotopic (exact) mass is 216 g/mol. The van der Waals surface area contributed by atoms with Crippen molar-refractivity contribution in [3.8, 4) is 0 Å². The van der Waals surface area contributed by atoms with E-state index in [1.54, 1.807) is 7.11 Å². The summed E-state index contributed by atoms with van der Waals surface area (Å²) in [5.74, 6) is 0. The number of ether oxygens (including phenoxy) is 1. The second kappa shape index (κ2) is 4.70. The zero-order chi connectivity index (χ0) is 11.4. The van der Waals surface area contributed by atoms with Gasteiger partial charge in [-0.05, 0) is 23.7 Å². The average Bonchev–Trinajstić information content (AvgIpc) is 2.69. The van der Waals surface area contributed by atoms with Crippen molar-refractivity contribution in [2.45, 2.75) is 6.54 Å². The van der Waals surface area contributed by atoms with Gasteiger partial charge in [0, 0.05) is 41.4 Å². The van der Waals surface area contributed by atoms with Gasteiger partial charge in [0.2, 0.25) is 0 Å². The molecule has 0 atom stereocenters. The van der Waals surface area contributed by atoms with Crippen LogP contribution in [0.1, 0.15) is 0 Å². The Morgan fingerprint density at radius 1 is 1.44 bits per heavy atom. The third-order valence-corrected chi connectivity index (χ3v) is 2.45. The fraction of sp³-hybridized carbons (Fsp3) is 0.273. The summed E-state index contributed by atoms with van der Waals surface area (Å²) in [6.45, 7) is 1.50. The number of hydrogen-bond acceptors (Lipinski definition) is 2. The lowest BCUT2D eigenvalue weighted by Gasteiger charge is -2.04. The van der Waals surface area contributed by atoms with Gasteiger partial charge >= 0.3 is 0 Å². The van der Waals surface area contributed by atoms with Crippen molar-refractivity contribution in [3.05, 3.63) is 40.9 Å². The summed E-state index contributed by atoms with van der Waals surface area (Å²) in [4.78, 5) is 2.77. The number of aromatic nitrogens is 1. The lowest BCUT2D eigenvalue weighted by Crippen LogP contribution is -2.01. The van der Waals surface area contributed by atoms with Gasteiger partial charge in [0.05, 0.1) is 6.61 Å². The molecule has 0 amide bonds. The second-order valence-corrected chi connectivity index (χ2v) is 3.43. The SMILES string of the molecule is COCCn1ccc2cc(N=[N+]=[N-])ccc21. The van der Waals surface area contributed by atoms with Crippen LogP contribution in [0.5, 0.6) is 0 Å². The van der Waals surface area contributed by atoms with Crippen LogP contribution >= 0.6 is 0 Å². The summed E-state index contributed by atoms with van der Waals surface area (Å²) < 4.78 is 7.15. The van der Waals surface area contributed by atoms with E-state index in [-0.39, 0.29) is 0 Å². The molecule has 0 unspecified atom stereocenters. The van der Waals surface area contributed by atoms with Crippen LogP contribution < -0.4 is 0 Å². The van der Waals surface area contributed by atoms with Crippen LogP contribution in [0.2, 0.25) is 0 Å². The highest BCUT2D eigenvalue weighted by atomic mass is 16.5. The molecule has 0 N–H and O–H groups in total. The van der Waals surface area contributed by atoms with E-state index in [2.05, 4.69) is 14.6 Å². The fourth-order valence-corrected chi connectivity index (χ4v) is 1.69. The molecule has 2 rings (SSSR count). The van der Waals surface area contributed by atoms with E-state index in [1.165, 1.54) is 0 Å². The molecule has 0 saturated heterocycles. The van der Waals surface area contributed by atoms with Crippen LogP contribution in [0.4, 0.5) is 5.69 Å². The van der Waals surface area contributed by atoms with Gasteiger partial charge in [-0.1, -0.05) is 11.2 Å². The molecular weight excluding hydrogens is 204 g/mol. The first-order chi connectivity index (χ1) is 7.85. The number of azide groups is 1. The summed E-state index contributed by atoms with van der Waals surface area (Å²) >= 11 is 0. The third-order valence-electron chi connectivity index (χ3n) is 2.45. The van der Waals surface area contributed by atoms with Crippen molar-refractivity contribution in [1.29, 1.82) is 0 Å². The van der Waals surface area contributed by atoms with Gasteiger partial charge in [-0.3, -0.25) is 0 Å². The molecule has 1 heterocycles. The molecule has 0 aliphatic rings. The molecule has 0 radical (unpaired) electrons. The standard InChI is InChI=1S/C11H12N4O/c1-16-7-6-15-5-4-9-8-10(13-14-12)2-3-11(9)15/h2-5,8H,6-7H2,1H3. The van der Waals surface area contributed by atoms with Crippen LogP contribution in [-0.4, -0.2) is 18.3 Å². The maximum Gasteiger partial charge on any atom is 0.0641 e. The summed E-state index contributed by atoms with van der Waals surface area (Å²) in [7, 11) is 1.69. The van der Waals surface area contributed by atoms with Gasteiger partial charge in [-0.15, -0.1) is 0 Å². The Balaban J connectivity index is 2.38. The summed E-state index contributed by atoms with van der Waals surface area (Å²) in [5.41, 5.74) is 10.1. The van der Waals surface area contributed by atoms with Crippen molar-refractivity contribution >= 4 is 16.6 Å². The van der Waals surface area contributed by atoms with Crippen LogP contribution in [-0.2, 0) is 11.3 Å². The number of rotatable bonds is 4. The Kier molecular flexibility index (Phi) is 3.10. The maximum absolute atomic E-state index is 8.35. The Bertz CT molecular complexity index is 540. The van der Waals surface area contributed by atoms with Crippen molar-refractivity contribution in [2.24, 2.45) is 5.11 Å². The zero-order valence-electron chi connectivity index (χ0n) is 9.00. The van der Waals surface area contributed by atoms with Crippen LogP contribution in [0.15, 0.2) is 35.6 Å². The lowest BCUT2D eigenvalue weighted by molar-refractivity contribution is 0.188. The van der Waals surface area contributed by atoms with E-state index < -0.39 is 0 Å². The van der Waals surface area contributed by atoms with E-state index in [9.17, 15) is 0 Å². The molecule has 16 heavy (non-hydrogen) atoms. The highest BCUT2D eigenvalue weighted by molar-refractivity contribution is 5.83. The quantitative estimate of drug-likeness (QED) is 0.439. The van der Waals surface area contributed by atoms with Gasteiger partial charge in [0.25, 0.3) is 0 Å². The number of fused-ring (bicyclic) bond motifs is 1. The Hall–Kier alpha value is -1.97. The molecule has 0 spiro atoms. The highest BCUT2D eigenvalue weighted by Gasteiger charge is 2.00. The third kappa shape index (κ3) is 2.00. The lowest BCUT2D eigenvalue weighted by atomic mass is 10.2. The molecule has 2 aromatic rings. The predicted octanol–water partition coefficient (Wildman–Crippen LogP) is 3.23. The van der Waals surface area contributed by atoms with E-state index in [4.69, 9.17) is 10.3 Å². The minimum Gasteiger partial charge on any atom is -0.383 e. The molecule has 1 aromatic heterocycles. The molecule has 0 aliphatic heterocycles. The minimum atomic E-state index is 0.638. The smallest absolute Gasteiger partial charge is 0.0641 e. The normalized spacial score (nSPS) is 10.3. The molecule has 0 fully saturated rings. The van der Waals surface area contributed by atoms with Crippen molar-refractivity contribution < 1.29 is 4.74 Å². The first-order valence-corrected chi connectivity index (χ1v) is 4.98. The second-order valence-electron chi connectivity index (χ2n) is 3.43. The van der Waals surface area contributed by atoms with Crippen LogP contribution in [0, 0.1) is 0 Å². The van der Waals surface area contributed by atoms with Gasteiger partial charge in [0.1, 0.15) is 0 Å². The largest absolute Gasteiger partial charge is 0.383 e. The van der Waals surface area contributed by atoms with Crippen LogP contribution in [0.25, 0.3) is 21.3 Å². The molecule has 1 aromatic carbocycles. The van der Waals surface area contributed by atoms with Crippen molar-refractivity contribution in [2.75, 3.05) is 13.7 Å². The molecule has 82 valence electrons. The van der Waals surface area contributed by atoms with Gasteiger partial charge in [-0.25, -0.2) is 0 Å². The van der Waals surface area contributed by atoms with Crippen LogP contribution in [0.3, 0.4) is 0 Å². The Labute approximate surface area is 92.9 Å². The van der Waals surface area contributed by atoms with Crippen molar-refractivity contribution in [1.82, 2.24) is 4.57 Å². The predicted molar refractivity (Wildman–Crippen MR) is 62.6 cm³/mol. The number of benzene rings is 1. The first-order valence-electron chi connectivity index (χ1n) is 4.98. The number of nitrogens with zero attached hydrogens (tertiary/aromatic N) is 4.